The molecule has 0 aliphatic carbocycles. The Morgan fingerprint density at radius 3 is 1.60 bits per heavy atom. The maximum absolute atomic E-state index is 14.6. The molecule has 35 heavy (non-hydrogen) atoms. The van der Waals surface area contributed by atoms with E-state index in [0.717, 1.165) is 17.7 Å². The van der Waals surface area contributed by atoms with Crippen molar-refractivity contribution in [3.63, 3.8) is 0 Å². The van der Waals surface area contributed by atoms with Gasteiger partial charge in [0.25, 0.3) is 0 Å². The van der Waals surface area contributed by atoms with E-state index in [2.05, 4.69) is 20.8 Å². The average Bonchev–Trinajstić information content (AvgIpc) is 2.83. The van der Waals surface area contributed by atoms with Crippen molar-refractivity contribution in [2.45, 2.75) is 45.8 Å². The summed E-state index contributed by atoms with van der Waals surface area (Å²) in [5, 5.41) is 0. The van der Waals surface area contributed by atoms with Gasteiger partial charge in [0.15, 0.2) is 0 Å². The monoisotopic (exact) mass is 512 g/mol. The van der Waals surface area contributed by atoms with E-state index in [0.29, 0.717) is 20.8 Å². The standard InChI is InChI=1S/C28H26F2O3S2/c1-28(2,3)21-14-17-25(18-15-21)34(23-10-6-4-7-11-23,24-12-8-5-9-13-24)33-35(31,32)27-19-16-22(29)20-26(27)30/h4-20H,1-3H3. The van der Waals surface area contributed by atoms with E-state index in [4.69, 9.17) is 3.63 Å². The van der Waals surface area contributed by atoms with Gasteiger partial charge in [0.1, 0.15) is 16.5 Å². The first-order valence-electron chi connectivity index (χ1n) is 11.0. The lowest BCUT2D eigenvalue weighted by Gasteiger charge is -2.39. The van der Waals surface area contributed by atoms with Crippen LogP contribution in [0, 0.1) is 11.6 Å². The Hall–Kier alpha value is -3.00. The summed E-state index contributed by atoms with van der Waals surface area (Å²) in [7, 11) is -7.53. The molecule has 0 bridgehead atoms. The van der Waals surface area contributed by atoms with Crippen molar-refractivity contribution in [1.82, 2.24) is 0 Å². The van der Waals surface area contributed by atoms with Gasteiger partial charge in [0, 0.05) is 20.8 Å². The van der Waals surface area contributed by atoms with Crippen LogP contribution >= 0.6 is 10.3 Å². The van der Waals surface area contributed by atoms with Gasteiger partial charge in [-0.3, -0.25) is 0 Å². The summed E-state index contributed by atoms with van der Waals surface area (Å²) in [5.41, 5.74) is 0.961. The third-order valence-corrected chi connectivity index (χ3v) is 10.8. The quantitative estimate of drug-likeness (QED) is 0.264. The molecule has 0 aliphatic rings. The Morgan fingerprint density at radius 2 is 1.14 bits per heavy atom. The van der Waals surface area contributed by atoms with Gasteiger partial charge in [0.05, 0.1) is 0 Å². The average molecular weight is 513 g/mol. The van der Waals surface area contributed by atoms with E-state index in [9.17, 15) is 17.2 Å². The zero-order valence-corrected chi connectivity index (χ0v) is 21.2. The summed E-state index contributed by atoms with van der Waals surface area (Å²) in [4.78, 5) is 1.17. The molecule has 7 heteroatoms. The molecule has 4 aromatic rings. The highest BCUT2D eigenvalue weighted by molar-refractivity contribution is 8.33. The van der Waals surface area contributed by atoms with Gasteiger partial charge < -0.3 is 0 Å². The number of benzene rings is 4. The van der Waals surface area contributed by atoms with Crippen molar-refractivity contribution in [1.29, 1.82) is 0 Å². The van der Waals surface area contributed by atoms with E-state index >= 15 is 0 Å². The fourth-order valence-electron chi connectivity index (χ4n) is 3.75. The van der Waals surface area contributed by atoms with Crippen LogP contribution in [0.1, 0.15) is 26.3 Å². The van der Waals surface area contributed by atoms with Crippen molar-refractivity contribution >= 4 is 20.4 Å². The number of hydrogen-bond donors (Lipinski definition) is 0. The van der Waals surface area contributed by atoms with Gasteiger partial charge in [-0.2, -0.15) is 8.42 Å². The maximum atomic E-state index is 14.6. The van der Waals surface area contributed by atoms with E-state index in [1.807, 2.05) is 36.4 Å². The summed E-state index contributed by atoms with van der Waals surface area (Å²) in [5.74, 6) is -2.08. The van der Waals surface area contributed by atoms with Crippen molar-refractivity contribution in [2.24, 2.45) is 0 Å². The van der Waals surface area contributed by atoms with Crippen LogP contribution in [0.4, 0.5) is 8.78 Å². The first-order valence-corrected chi connectivity index (χ1v) is 14.0. The number of hydrogen-bond acceptors (Lipinski definition) is 3. The SMILES string of the molecule is CC(C)(C)c1ccc(S(OS(=O)(=O)c2ccc(F)cc2F)(c2ccccc2)c2ccccc2)cc1. The van der Waals surface area contributed by atoms with Gasteiger partial charge in [-0.1, -0.05) is 69.3 Å². The van der Waals surface area contributed by atoms with Crippen LogP contribution in [-0.2, 0) is 19.2 Å². The maximum Gasteiger partial charge on any atom is 0.310 e. The minimum atomic E-state index is -4.65. The van der Waals surface area contributed by atoms with Crippen LogP contribution in [0.3, 0.4) is 0 Å². The molecule has 4 aromatic carbocycles. The van der Waals surface area contributed by atoms with Crippen LogP contribution in [-0.4, -0.2) is 8.42 Å². The molecule has 4 rings (SSSR count). The molecule has 0 radical (unpaired) electrons. The van der Waals surface area contributed by atoms with Gasteiger partial charge in [-0.05, 0) is 69.8 Å². The van der Waals surface area contributed by atoms with Crippen molar-refractivity contribution in [3.05, 3.63) is 120 Å². The molecule has 0 N–H and O–H groups in total. The molecule has 0 unspecified atom stereocenters. The normalized spacial score (nSPS) is 12.9. The summed E-state index contributed by atoms with van der Waals surface area (Å²) < 4.78 is 61.4. The summed E-state index contributed by atoms with van der Waals surface area (Å²) in [6.45, 7) is 6.28. The topological polar surface area (TPSA) is 43.4 Å². The van der Waals surface area contributed by atoms with E-state index < -0.39 is 37.0 Å². The largest absolute Gasteiger partial charge is 0.310 e. The molecule has 0 saturated carbocycles. The lowest BCUT2D eigenvalue weighted by atomic mass is 9.87. The van der Waals surface area contributed by atoms with Crippen LogP contribution in [0.15, 0.2) is 123 Å². The predicted octanol–water partition coefficient (Wildman–Crippen LogP) is 7.86. The summed E-state index contributed by atoms with van der Waals surface area (Å²) >= 11 is 0. The smallest absolute Gasteiger partial charge is 0.207 e. The Labute approximate surface area is 207 Å². The zero-order valence-electron chi connectivity index (χ0n) is 19.6. The molecular formula is C28H26F2O3S2. The van der Waals surface area contributed by atoms with Gasteiger partial charge in [-0.15, -0.1) is 0 Å². The minimum Gasteiger partial charge on any atom is -0.207 e. The molecule has 3 nitrogen and oxygen atoms in total. The summed E-state index contributed by atoms with van der Waals surface area (Å²) in [6, 6.07) is 28.1. The van der Waals surface area contributed by atoms with Crippen molar-refractivity contribution < 1.29 is 20.8 Å². The van der Waals surface area contributed by atoms with Crippen LogP contribution in [0.2, 0.25) is 0 Å². The summed E-state index contributed by atoms with van der Waals surface area (Å²) in [6.07, 6.45) is 0. The van der Waals surface area contributed by atoms with Crippen molar-refractivity contribution in [3.8, 4) is 0 Å². The second kappa shape index (κ2) is 9.57. The molecule has 0 fully saturated rings. The highest BCUT2D eigenvalue weighted by Gasteiger charge is 2.39. The first-order chi connectivity index (χ1) is 16.5. The third-order valence-electron chi connectivity index (χ3n) is 5.56. The van der Waals surface area contributed by atoms with Crippen LogP contribution in [0.25, 0.3) is 0 Å². The lowest BCUT2D eigenvalue weighted by molar-refractivity contribution is 0.493. The minimum absolute atomic E-state index is 0.111. The first kappa shape index (κ1) is 25.1. The second-order valence-corrected chi connectivity index (χ2v) is 13.5. The molecule has 0 amide bonds. The fraction of sp³-hybridized carbons (Fsp3) is 0.143. The molecule has 0 heterocycles. The predicted molar refractivity (Wildman–Crippen MR) is 135 cm³/mol. The molecule has 0 spiro atoms. The molecular weight excluding hydrogens is 486 g/mol. The lowest BCUT2D eigenvalue weighted by Crippen LogP contribution is -2.16. The number of rotatable bonds is 6. The Morgan fingerprint density at radius 1 is 0.657 bits per heavy atom. The zero-order chi connectivity index (χ0) is 25.3. The Kier molecular flexibility index (Phi) is 6.86. The number of halogens is 2. The molecule has 0 atom stereocenters. The Bertz CT molecular complexity index is 1380. The van der Waals surface area contributed by atoms with Gasteiger partial charge >= 0.3 is 10.1 Å². The van der Waals surface area contributed by atoms with E-state index in [1.54, 1.807) is 48.5 Å². The Balaban J connectivity index is 2.01. The molecule has 0 aliphatic heterocycles. The highest BCUT2D eigenvalue weighted by atomic mass is 32.3. The van der Waals surface area contributed by atoms with Crippen LogP contribution in [0.5, 0.6) is 0 Å². The fourth-order valence-corrected chi connectivity index (χ4v) is 9.01. The molecule has 0 saturated heterocycles. The highest BCUT2D eigenvalue weighted by Crippen LogP contribution is 2.70. The third kappa shape index (κ3) is 5.03. The van der Waals surface area contributed by atoms with E-state index in [-0.39, 0.29) is 5.41 Å². The molecule has 0 aromatic heterocycles. The van der Waals surface area contributed by atoms with Crippen LogP contribution < -0.4 is 0 Å². The van der Waals surface area contributed by atoms with Gasteiger partial charge in [0.2, 0.25) is 0 Å². The molecule has 182 valence electrons. The van der Waals surface area contributed by atoms with E-state index in [1.165, 1.54) is 0 Å². The van der Waals surface area contributed by atoms with Gasteiger partial charge in [-0.25, -0.2) is 12.4 Å². The van der Waals surface area contributed by atoms with Crippen molar-refractivity contribution in [2.75, 3.05) is 0 Å². The second-order valence-electron chi connectivity index (χ2n) is 9.05.